The normalized spacial score (nSPS) is 16.3. The highest BCUT2D eigenvalue weighted by Gasteiger charge is 2.26. The number of likely N-dealkylation sites (N-methyl/N-ethyl adjacent to an activating group) is 1. The quantitative estimate of drug-likeness (QED) is 0.878. The van der Waals surface area contributed by atoms with Crippen LogP contribution >= 0.6 is 23.2 Å². The number of amides is 1. The van der Waals surface area contributed by atoms with Crippen LogP contribution in [0, 0.1) is 5.92 Å². The van der Waals surface area contributed by atoms with Crippen LogP contribution in [0.4, 0.5) is 0 Å². The Morgan fingerprint density at radius 2 is 1.91 bits per heavy atom. The van der Waals surface area contributed by atoms with E-state index in [1.807, 2.05) is 11.0 Å². The Morgan fingerprint density at radius 3 is 2.48 bits per heavy atom. The number of aliphatic carboxylic acids is 1. The summed E-state index contributed by atoms with van der Waals surface area (Å²) >= 11 is 11.9. The van der Waals surface area contributed by atoms with Gasteiger partial charge in [-0.2, -0.15) is 0 Å². The van der Waals surface area contributed by atoms with E-state index < -0.39 is 5.97 Å². The van der Waals surface area contributed by atoms with Gasteiger partial charge in [0, 0.05) is 13.6 Å². The molecule has 1 aliphatic heterocycles. The van der Waals surface area contributed by atoms with Crippen molar-refractivity contribution in [2.75, 3.05) is 26.7 Å². The van der Waals surface area contributed by atoms with Gasteiger partial charge in [0.2, 0.25) is 5.91 Å². The van der Waals surface area contributed by atoms with Crippen molar-refractivity contribution in [1.82, 2.24) is 9.80 Å². The van der Waals surface area contributed by atoms with Crippen LogP contribution in [0.2, 0.25) is 10.0 Å². The average Bonchev–Trinajstić information content (AvgIpc) is 2.51. The van der Waals surface area contributed by atoms with E-state index in [1.165, 1.54) is 0 Å². The van der Waals surface area contributed by atoms with E-state index in [1.54, 1.807) is 24.1 Å². The zero-order chi connectivity index (χ0) is 17.0. The molecule has 126 valence electrons. The maximum Gasteiger partial charge on any atom is 0.306 e. The van der Waals surface area contributed by atoms with Gasteiger partial charge in [-0.15, -0.1) is 0 Å². The topological polar surface area (TPSA) is 60.9 Å². The van der Waals surface area contributed by atoms with Crippen LogP contribution in [-0.2, 0) is 16.1 Å². The molecule has 1 fully saturated rings. The van der Waals surface area contributed by atoms with Gasteiger partial charge >= 0.3 is 5.97 Å². The Kier molecular flexibility index (Phi) is 6.27. The Labute approximate surface area is 145 Å². The van der Waals surface area contributed by atoms with Gasteiger partial charge in [-0.25, -0.2) is 0 Å². The van der Waals surface area contributed by atoms with E-state index >= 15 is 0 Å². The standard InChI is InChI=1S/C16H20Cl2N2O3/c1-19(9-11-2-3-13(17)14(18)8-11)15(21)10-20-6-4-12(5-7-20)16(22)23/h2-3,8,12H,4-7,9-10H2,1H3,(H,22,23). The molecular formula is C16H20Cl2N2O3. The van der Waals surface area contributed by atoms with Gasteiger partial charge < -0.3 is 10.0 Å². The lowest BCUT2D eigenvalue weighted by atomic mass is 9.97. The third-order valence-corrected chi connectivity index (χ3v) is 4.86. The third-order valence-electron chi connectivity index (χ3n) is 4.13. The molecule has 0 aliphatic carbocycles. The maximum absolute atomic E-state index is 12.3. The van der Waals surface area contributed by atoms with Gasteiger partial charge in [-0.1, -0.05) is 29.3 Å². The van der Waals surface area contributed by atoms with Crippen LogP contribution in [0.1, 0.15) is 18.4 Å². The second kappa shape index (κ2) is 7.99. The number of hydrogen-bond donors (Lipinski definition) is 1. The van der Waals surface area contributed by atoms with Crippen molar-refractivity contribution in [1.29, 1.82) is 0 Å². The molecule has 0 saturated carbocycles. The SMILES string of the molecule is CN(Cc1ccc(Cl)c(Cl)c1)C(=O)CN1CCC(C(=O)O)CC1. The summed E-state index contributed by atoms with van der Waals surface area (Å²) in [5.74, 6) is -1.02. The van der Waals surface area contributed by atoms with Crippen molar-refractivity contribution in [3.63, 3.8) is 0 Å². The Hall–Kier alpha value is -1.30. The fourth-order valence-electron chi connectivity index (χ4n) is 2.65. The molecule has 1 aliphatic rings. The molecule has 0 bridgehead atoms. The highest BCUT2D eigenvalue weighted by Crippen LogP contribution is 2.23. The monoisotopic (exact) mass is 358 g/mol. The number of benzene rings is 1. The van der Waals surface area contributed by atoms with Crippen molar-refractivity contribution in [3.8, 4) is 0 Å². The zero-order valence-corrected chi connectivity index (χ0v) is 14.5. The summed E-state index contributed by atoms with van der Waals surface area (Å²) in [6.07, 6.45) is 1.19. The summed E-state index contributed by atoms with van der Waals surface area (Å²) in [4.78, 5) is 26.9. The summed E-state index contributed by atoms with van der Waals surface area (Å²) < 4.78 is 0. The first-order chi connectivity index (χ1) is 10.9. The lowest BCUT2D eigenvalue weighted by molar-refractivity contribution is -0.143. The predicted octanol–water partition coefficient (Wildman–Crippen LogP) is 2.75. The molecule has 5 nitrogen and oxygen atoms in total. The van der Waals surface area contributed by atoms with Gasteiger partial charge in [0.1, 0.15) is 0 Å². The van der Waals surface area contributed by atoms with E-state index in [2.05, 4.69) is 0 Å². The molecule has 1 aromatic rings. The summed E-state index contributed by atoms with van der Waals surface area (Å²) in [6.45, 7) is 2.05. The molecule has 1 N–H and O–H groups in total. The van der Waals surface area contributed by atoms with Gasteiger partial charge in [-0.05, 0) is 43.6 Å². The number of hydrogen-bond acceptors (Lipinski definition) is 3. The molecular weight excluding hydrogens is 339 g/mol. The van der Waals surface area contributed by atoms with Crippen LogP contribution in [0.5, 0.6) is 0 Å². The van der Waals surface area contributed by atoms with Gasteiger partial charge in [0.15, 0.2) is 0 Å². The molecule has 0 aromatic heterocycles. The number of carbonyl (C=O) groups is 2. The maximum atomic E-state index is 12.3. The Morgan fingerprint density at radius 1 is 1.26 bits per heavy atom. The van der Waals surface area contributed by atoms with Gasteiger partial charge in [0.05, 0.1) is 22.5 Å². The molecule has 7 heteroatoms. The molecule has 0 atom stereocenters. The molecule has 1 saturated heterocycles. The molecule has 1 heterocycles. The Bertz CT molecular complexity index is 587. The zero-order valence-electron chi connectivity index (χ0n) is 13.0. The van der Waals surface area contributed by atoms with Crippen molar-refractivity contribution in [3.05, 3.63) is 33.8 Å². The van der Waals surface area contributed by atoms with Crippen LogP contribution in [-0.4, -0.2) is 53.5 Å². The van der Waals surface area contributed by atoms with Crippen molar-refractivity contribution >= 4 is 35.1 Å². The largest absolute Gasteiger partial charge is 0.481 e. The fourth-order valence-corrected chi connectivity index (χ4v) is 2.97. The van der Waals surface area contributed by atoms with Crippen LogP contribution in [0.3, 0.4) is 0 Å². The molecule has 1 amide bonds. The molecule has 23 heavy (non-hydrogen) atoms. The van der Waals surface area contributed by atoms with Crippen molar-refractivity contribution in [2.45, 2.75) is 19.4 Å². The predicted molar refractivity (Wildman–Crippen MR) is 89.7 cm³/mol. The molecule has 0 radical (unpaired) electrons. The first-order valence-corrected chi connectivity index (χ1v) is 8.25. The molecule has 1 aromatic carbocycles. The lowest BCUT2D eigenvalue weighted by Gasteiger charge is -2.30. The van der Waals surface area contributed by atoms with E-state index in [-0.39, 0.29) is 11.8 Å². The first kappa shape index (κ1) is 18.0. The number of rotatable bonds is 5. The van der Waals surface area contributed by atoms with Gasteiger partial charge in [0.25, 0.3) is 0 Å². The Balaban J connectivity index is 1.83. The van der Waals surface area contributed by atoms with Crippen molar-refractivity contribution in [2.24, 2.45) is 5.92 Å². The molecule has 0 spiro atoms. The van der Waals surface area contributed by atoms with E-state index in [9.17, 15) is 9.59 Å². The van der Waals surface area contributed by atoms with E-state index in [4.69, 9.17) is 28.3 Å². The minimum atomic E-state index is -0.743. The summed E-state index contributed by atoms with van der Waals surface area (Å²) in [7, 11) is 1.74. The van der Waals surface area contributed by atoms with E-state index in [0.717, 1.165) is 5.56 Å². The van der Waals surface area contributed by atoms with Gasteiger partial charge in [-0.3, -0.25) is 14.5 Å². The smallest absolute Gasteiger partial charge is 0.306 e. The highest BCUT2D eigenvalue weighted by molar-refractivity contribution is 6.42. The number of piperidine rings is 1. The number of carboxylic acids is 1. The summed E-state index contributed by atoms with van der Waals surface area (Å²) in [6, 6.07) is 5.32. The fraction of sp³-hybridized carbons (Fsp3) is 0.500. The number of likely N-dealkylation sites (tertiary alicyclic amines) is 1. The minimum absolute atomic E-state index is 0.00449. The second-order valence-electron chi connectivity index (χ2n) is 5.89. The summed E-state index contributed by atoms with van der Waals surface area (Å²) in [5.41, 5.74) is 0.917. The minimum Gasteiger partial charge on any atom is -0.481 e. The van der Waals surface area contributed by atoms with E-state index in [0.29, 0.717) is 49.1 Å². The lowest BCUT2D eigenvalue weighted by Crippen LogP contribution is -2.43. The first-order valence-electron chi connectivity index (χ1n) is 7.50. The number of carbonyl (C=O) groups excluding carboxylic acids is 1. The van der Waals surface area contributed by atoms with Crippen molar-refractivity contribution < 1.29 is 14.7 Å². The average molecular weight is 359 g/mol. The number of halogens is 2. The molecule has 0 unspecified atom stereocenters. The third kappa shape index (κ3) is 5.09. The molecule has 2 rings (SSSR count). The summed E-state index contributed by atoms with van der Waals surface area (Å²) in [5, 5.41) is 9.95. The number of nitrogens with zero attached hydrogens (tertiary/aromatic N) is 2. The van der Waals surface area contributed by atoms with Crippen LogP contribution in [0.25, 0.3) is 0 Å². The highest BCUT2D eigenvalue weighted by atomic mass is 35.5. The van der Waals surface area contributed by atoms with Crippen LogP contribution < -0.4 is 0 Å². The second-order valence-corrected chi connectivity index (χ2v) is 6.70. The number of carboxylic acid groups (broad SMARTS) is 1. The van der Waals surface area contributed by atoms with Crippen LogP contribution in [0.15, 0.2) is 18.2 Å².